The van der Waals surface area contributed by atoms with Crippen molar-refractivity contribution in [1.29, 1.82) is 0 Å². The average Bonchev–Trinajstić information content (AvgIpc) is 2.40. The fourth-order valence-corrected chi connectivity index (χ4v) is 2.50. The number of hydrogen-bond acceptors (Lipinski definition) is 2. The van der Waals surface area contributed by atoms with Gasteiger partial charge in [-0.15, -0.1) is 31.4 Å². The molecule has 0 spiro atoms. The zero-order valence-corrected chi connectivity index (χ0v) is 13.7. The lowest BCUT2D eigenvalue weighted by Gasteiger charge is -2.35. The largest absolute Gasteiger partial charge is 0.314 e. The van der Waals surface area contributed by atoms with Gasteiger partial charge in [0.2, 0.25) is 0 Å². The van der Waals surface area contributed by atoms with Gasteiger partial charge in [0.1, 0.15) is 0 Å². The van der Waals surface area contributed by atoms with Crippen LogP contribution in [-0.2, 0) is 0 Å². The second-order valence-electron chi connectivity index (χ2n) is 5.14. The quantitative estimate of drug-likeness (QED) is 0.841. The average molecular weight is 339 g/mol. The summed E-state index contributed by atoms with van der Waals surface area (Å²) >= 11 is 0. The van der Waals surface area contributed by atoms with Gasteiger partial charge >= 0.3 is 0 Å². The van der Waals surface area contributed by atoms with Gasteiger partial charge < -0.3 is 5.32 Å². The van der Waals surface area contributed by atoms with Crippen LogP contribution in [-0.4, -0.2) is 31.1 Å². The van der Waals surface area contributed by atoms with Crippen molar-refractivity contribution < 1.29 is 8.78 Å². The second kappa shape index (κ2) is 9.36. The standard InChI is InChI=1S/C15H20F2N2.2ClH/c1-11(2)9-15(19-7-5-18-6-8-19)12-3-4-13(16)14(17)10-12;;/h3-4,10,15,18H,1,5-9H2,2H3;2*1H/t15-;;/m1../s1. The first-order valence-corrected chi connectivity index (χ1v) is 6.62. The zero-order chi connectivity index (χ0) is 13.8. The Kier molecular flexibility index (Phi) is 9.06. The third-order valence-electron chi connectivity index (χ3n) is 3.46. The zero-order valence-electron chi connectivity index (χ0n) is 12.1. The summed E-state index contributed by atoms with van der Waals surface area (Å²) in [5.41, 5.74) is 1.87. The van der Waals surface area contributed by atoms with Crippen molar-refractivity contribution in [2.45, 2.75) is 19.4 Å². The molecule has 1 aromatic rings. The highest BCUT2D eigenvalue weighted by Gasteiger charge is 2.23. The molecule has 120 valence electrons. The van der Waals surface area contributed by atoms with Crippen molar-refractivity contribution in [3.8, 4) is 0 Å². The van der Waals surface area contributed by atoms with Crippen molar-refractivity contribution in [3.05, 3.63) is 47.5 Å². The number of halogens is 4. The van der Waals surface area contributed by atoms with Gasteiger partial charge in [-0.05, 0) is 31.0 Å². The summed E-state index contributed by atoms with van der Waals surface area (Å²) in [6.07, 6.45) is 0.769. The highest BCUT2D eigenvalue weighted by Crippen LogP contribution is 2.28. The van der Waals surface area contributed by atoms with Gasteiger partial charge in [0.05, 0.1) is 0 Å². The van der Waals surface area contributed by atoms with E-state index in [4.69, 9.17) is 0 Å². The van der Waals surface area contributed by atoms with Crippen LogP contribution in [0.4, 0.5) is 8.78 Å². The van der Waals surface area contributed by atoms with E-state index in [0.29, 0.717) is 0 Å². The Labute approximate surface area is 137 Å². The van der Waals surface area contributed by atoms with Crippen LogP contribution in [0.1, 0.15) is 24.9 Å². The summed E-state index contributed by atoms with van der Waals surface area (Å²) in [5, 5.41) is 3.30. The number of nitrogens with one attached hydrogen (secondary N) is 1. The molecule has 6 heteroatoms. The number of benzene rings is 1. The molecule has 2 nitrogen and oxygen atoms in total. The van der Waals surface area contributed by atoms with E-state index in [1.54, 1.807) is 6.07 Å². The van der Waals surface area contributed by atoms with E-state index in [0.717, 1.165) is 43.7 Å². The fourth-order valence-electron chi connectivity index (χ4n) is 2.50. The molecule has 1 N–H and O–H groups in total. The summed E-state index contributed by atoms with van der Waals surface area (Å²) < 4.78 is 26.5. The molecular weight excluding hydrogens is 317 g/mol. The van der Waals surface area contributed by atoms with Crippen molar-refractivity contribution in [2.24, 2.45) is 0 Å². The molecule has 1 saturated heterocycles. The van der Waals surface area contributed by atoms with Crippen LogP contribution in [0.5, 0.6) is 0 Å². The normalized spacial score (nSPS) is 16.5. The number of hydrogen-bond donors (Lipinski definition) is 1. The molecule has 0 amide bonds. The van der Waals surface area contributed by atoms with E-state index in [-0.39, 0.29) is 30.9 Å². The Bertz CT molecular complexity index is 463. The molecule has 0 saturated carbocycles. The van der Waals surface area contributed by atoms with Crippen molar-refractivity contribution in [3.63, 3.8) is 0 Å². The van der Waals surface area contributed by atoms with Gasteiger partial charge in [-0.25, -0.2) is 8.78 Å². The maximum absolute atomic E-state index is 13.4. The van der Waals surface area contributed by atoms with Crippen LogP contribution < -0.4 is 5.32 Å². The summed E-state index contributed by atoms with van der Waals surface area (Å²) in [6, 6.07) is 4.27. The molecule has 1 heterocycles. The summed E-state index contributed by atoms with van der Waals surface area (Å²) in [5.74, 6) is -1.57. The van der Waals surface area contributed by atoms with Crippen molar-refractivity contribution in [2.75, 3.05) is 26.2 Å². The maximum atomic E-state index is 13.4. The minimum absolute atomic E-state index is 0. The second-order valence-corrected chi connectivity index (χ2v) is 5.14. The molecule has 1 fully saturated rings. The highest BCUT2D eigenvalue weighted by atomic mass is 35.5. The molecule has 0 aromatic heterocycles. The van der Waals surface area contributed by atoms with E-state index < -0.39 is 11.6 Å². The molecule has 1 aromatic carbocycles. The first-order valence-electron chi connectivity index (χ1n) is 6.62. The number of rotatable bonds is 4. The van der Waals surface area contributed by atoms with Gasteiger partial charge in [-0.1, -0.05) is 11.6 Å². The Morgan fingerprint density at radius 1 is 1.24 bits per heavy atom. The molecule has 1 aliphatic rings. The first-order chi connectivity index (χ1) is 9.08. The van der Waals surface area contributed by atoms with Gasteiger partial charge in [0, 0.05) is 32.2 Å². The minimum atomic E-state index is -0.793. The SMILES string of the molecule is C=C(C)C[C@H](c1ccc(F)c(F)c1)N1CCNCC1.Cl.Cl. The van der Waals surface area contributed by atoms with Crippen LogP contribution in [0.2, 0.25) is 0 Å². The molecule has 0 unspecified atom stereocenters. The monoisotopic (exact) mass is 338 g/mol. The van der Waals surface area contributed by atoms with Crippen LogP contribution >= 0.6 is 24.8 Å². The van der Waals surface area contributed by atoms with E-state index in [9.17, 15) is 8.78 Å². The number of nitrogens with zero attached hydrogens (tertiary/aromatic N) is 1. The van der Waals surface area contributed by atoms with E-state index >= 15 is 0 Å². The van der Waals surface area contributed by atoms with Crippen molar-refractivity contribution in [1.82, 2.24) is 10.2 Å². The number of piperazine rings is 1. The van der Waals surface area contributed by atoms with Crippen molar-refractivity contribution >= 4 is 24.8 Å². The molecule has 1 aliphatic heterocycles. The first kappa shape index (κ1) is 20.3. The lowest BCUT2D eigenvalue weighted by molar-refractivity contribution is 0.172. The maximum Gasteiger partial charge on any atom is 0.159 e. The van der Waals surface area contributed by atoms with Crippen LogP contribution in [0.15, 0.2) is 30.4 Å². The third-order valence-corrected chi connectivity index (χ3v) is 3.46. The fraction of sp³-hybridized carbons (Fsp3) is 0.467. The summed E-state index contributed by atoms with van der Waals surface area (Å²) in [7, 11) is 0. The van der Waals surface area contributed by atoms with Crippen LogP contribution in [0, 0.1) is 11.6 Å². The van der Waals surface area contributed by atoms with Gasteiger partial charge in [-0.3, -0.25) is 4.90 Å². The molecule has 0 aliphatic carbocycles. The lowest BCUT2D eigenvalue weighted by atomic mass is 9.98. The molecular formula is C15H22Cl2F2N2. The van der Waals surface area contributed by atoms with Crippen LogP contribution in [0.25, 0.3) is 0 Å². The Balaban J connectivity index is 0.00000200. The summed E-state index contributed by atoms with van der Waals surface area (Å²) in [6.45, 7) is 9.59. The Morgan fingerprint density at radius 3 is 2.38 bits per heavy atom. The topological polar surface area (TPSA) is 15.3 Å². The lowest BCUT2D eigenvalue weighted by Crippen LogP contribution is -2.45. The highest BCUT2D eigenvalue weighted by molar-refractivity contribution is 5.85. The van der Waals surface area contributed by atoms with E-state index in [1.165, 1.54) is 12.1 Å². The predicted octanol–water partition coefficient (Wildman–Crippen LogP) is 3.72. The molecule has 21 heavy (non-hydrogen) atoms. The predicted molar refractivity (Wildman–Crippen MR) is 87.5 cm³/mol. The smallest absolute Gasteiger partial charge is 0.159 e. The van der Waals surface area contributed by atoms with E-state index in [2.05, 4.69) is 16.8 Å². The summed E-state index contributed by atoms with van der Waals surface area (Å²) in [4.78, 5) is 2.30. The van der Waals surface area contributed by atoms with Crippen LogP contribution in [0.3, 0.4) is 0 Å². The molecule has 2 rings (SSSR count). The minimum Gasteiger partial charge on any atom is -0.314 e. The van der Waals surface area contributed by atoms with E-state index in [1.807, 2.05) is 6.92 Å². The van der Waals surface area contributed by atoms with Gasteiger partial charge in [0.15, 0.2) is 11.6 Å². The Hall–Kier alpha value is -0.680. The molecule has 1 atom stereocenters. The van der Waals surface area contributed by atoms with Gasteiger partial charge in [-0.2, -0.15) is 0 Å². The third kappa shape index (κ3) is 5.55. The molecule has 0 radical (unpaired) electrons. The Morgan fingerprint density at radius 2 is 1.86 bits per heavy atom. The molecule has 0 bridgehead atoms. The van der Waals surface area contributed by atoms with Gasteiger partial charge in [0.25, 0.3) is 0 Å².